The van der Waals surface area contributed by atoms with Gasteiger partial charge in [0.1, 0.15) is 29.1 Å². The number of fused-ring (bicyclic) bond motifs is 1. The number of nitrogens with one attached hydrogen (secondary N) is 1. The fourth-order valence-electron chi connectivity index (χ4n) is 5.14. The molecule has 1 aliphatic heterocycles. The maximum absolute atomic E-state index is 14.8. The van der Waals surface area contributed by atoms with Gasteiger partial charge in [-0.25, -0.2) is 13.8 Å². The highest BCUT2D eigenvalue weighted by Gasteiger charge is 2.49. The molecule has 2 fully saturated rings. The molecule has 1 saturated heterocycles. The molecule has 2 heterocycles. The number of hydrogen-bond acceptors (Lipinski definition) is 3. The van der Waals surface area contributed by atoms with E-state index < -0.39 is 82.4 Å². The lowest BCUT2D eigenvalue weighted by Crippen LogP contribution is -2.50. The zero-order chi connectivity index (χ0) is 28.3. The molecule has 2 aromatic rings. The van der Waals surface area contributed by atoms with E-state index in [4.69, 9.17) is 0 Å². The number of likely N-dealkylation sites (tertiary alicyclic amines) is 1. The maximum atomic E-state index is 14.8. The summed E-state index contributed by atoms with van der Waals surface area (Å²) in [6.07, 6.45) is -8.74. The molecule has 206 valence electrons. The first-order valence-corrected chi connectivity index (χ1v) is 12.0. The van der Waals surface area contributed by atoms with E-state index in [-0.39, 0.29) is 24.8 Å². The first kappa shape index (κ1) is 26.9. The number of alkyl halides is 6. The van der Waals surface area contributed by atoms with Crippen LogP contribution in [0.5, 0.6) is 0 Å². The Labute approximate surface area is 216 Å². The van der Waals surface area contributed by atoms with Crippen molar-refractivity contribution in [1.82, 2.24) is 15.2 Å². The number of carbonyl (C=O) groups is 2. The van der Waals surface area contributed by atoms with Gasteiger partial charge in [-0.2, -0.15) is 26.3 Å². The average Bonchev–Trinajstić information content (AvgIpc) is 3.49. The van der Waals surface area contributed by atoms with Crippen molar-refractivity contribution in [3.63, 3.8) is 0 Å². The fourth-order valence-corrected chi connectivity index (χ4v) is 5.14. The maximum Gasteiger partial charge on any atom is 0.433 e. The molecule has 5 nitrogen and oxygen atoms in total. The lowest BCUT2D eigenvalue weighted by molar-refractivity contribution is -0.141. The third-order valence-electron chi connectivity index (χ3n) is 7.15. The highest BCUT2D eigenvalue weighted by Crippen LogP contribution is 2.44. The SMILES string of the molecule is O=C(N[C@@H](c1cc(F)c(C(F)(F)F)cc1F)C1CC1)[C@H]1C[C@H]2C#CC[C@H]2N1C(=O)c1cccc(C(F)(F)F)n1. The lowest BCUT2D eigenvalue weighted by atomic mass is 9.98. The van der Waals surface area contributed by atoms with Crippen LogP contribution in [0.3, 0.4) is 0 Å². The van der Waals surface area contributed by atoms with Crippen molar-refractivity contribution in [3.8, 4) is 11.8 Å². The average molecular weight is 557 g/mol. The minimum Gasteiger partial charge on any atom is -0.347 e. The monoisotopic (exact) mass is 557 g/mol. The predicted molar refractivity (Wildman–Crippen MR) is 118 cm³/mol. The minimum absolute atomic E-state index is 0.0371. The second kappa shape index (κ2) is 9.50. The summed E-state index contributed by atoms with van der Waals surface area (Å²) in [5.41, 5.74) is -4.07. The molecule has 4 atom stereocenters. The molecule has 1 saturated carbocycles. The van der Waals surface area contributed by atoms with Gasteiger partial charge in [0, 0.05) is 17.9 Å². The summed E-state index contributed by atoms with van der Waals surface area (Å²) in [4.78, 5) is 31.3. The van der Waals surface area contributed by atoms with Crippen LogP contribution in [0.25, 0.3) is 0 Å². The van der Waals surface area contributed by atoms with Crippen LogP contribution in [-0.4, -0.2) is 33.8 Å². The Morgan fingerprint density at radius 3 is 2.38 bits per heavy atom. The van der Waals surface area contributed by atoms with Gasteiger partial charge in [-0.05, 0) is 49.4 Å². The highest BCUT2D eigenvalue weighted by atomic mass is 19.4. The summed E-state index contributed by atoms with van der Waals surface area (Å²) in [5, 5.41) is 2.56. The molecular weight excluding hydrogens is 538 g/mol. The molecule has 2 amide bonds. The van der Waals surface area contributed by atoms with Crippen LogP contribution in [0, 0.1) is 35.3 Å². The zero-order valence-corrected chi connectivity index (χ0v) is 19.8. The van der Waals surface area contributed by atoms with Gasteiger partial charge in [-0.1, -0.05) is 12.0 Å². The molecule has 2 aliphatic carbocycles. The number of benzene rings is 1. The molecule has 1 aromatic heterocycles. The summed E-state index contributed by atoms with van der Waals surface area (Å²) in [6, 6.07) is 0.216. The second-order valence-electron chi connectivity index (χ2n) is 9.74. The number of amides is 2. The Bertz CT molecular complexity index is 1390. The fraction of sp³-hybridized carbons (Fsp3) is 0.423. The van der Waals surface area contributed by atoms with Gasteiger partial charge >= 0.3 is 12.4 Å². The van der Waals surface area contributed by atoms with E-state index in [2.05, 4.69) is 22.1 Å². The third-order valence-corrected chi connectivity index (χ3v) is 7.15. The van der Waals surface area contributed by atoms with Crippen molar-refractivity contribution in [1.29, 1.82) is 0 Å². The van der Waals surface area contributed by atoms with Crippen molar-refractivity contribution in [3.05, 3.63) is 64.5 Å². The summed E-state index contributed by atoms with van der Waals surface area (Å²) in [5.74, 6) is 0.0986. The van der Waals surface area contributed by atoms with Crippen LogP contribution < -0.4 is 5.32 Å². The van der Waals surface area contributed by atoms with E-state index in [0.717, 1.165) is 17.0 Å². The Hall–Kier alpha value is -3.69. The first-order valence-electron chi connectivity index (χ1n) is 12.0. The van der Waals surface area contributed by atoms with Crippen LogP contribution >= 0.6 is 0 Å². The van der Waals surface area contributed by atoms with Crippen molar-refractivity contribution in [2.24, 2.45) is 11.8 Å². The van der Waals surface area contributed by atoms with Gasteiger partial charge in [0.15, 0.2) is 0 Å². The zero-order valence-electron chi connectivity index (χ0n) is 19.8. The molecule has 0 spiro atoms. The van der Waals surface area contributed by atoms with Crippen LogP contribution in [0.2, 0.25) is 0 Å². The number of nitrogens with zero attached hydrogens (tertiary/aromatic N) is 2. The van der Waals surface area contributed by atoms with Crippen LogP contribution in [0.1, 0.15) is 59.0 Å². The van der Waals surface area contributed by atoms with E-state index in [9.17, 15) is 44.7 Å². The summed E-state index contributed by atoms with van der Waals surface area (Å²) in [6.45, 7) is 0. The normalized spacial score (nSPS) is 23.2. The number of pyridine rings is 1. The van der Waals surface area contributed by atoms with Gasteiger partial charge in [0.05, 0.1) is 17.6 Å². The van der Waals surface area contributed by atoms with Crippen molar-refractivity contribution in [2.45, 2.75) is 56.2 Å². The number of halogens is 8. The topological polar surface area (TPSA) is 62.3 Å². The second-order valence-corrected chi connectivity index (χ2v) is 9.74. The Balaban J connectivity index is 1.43. The standard InChI is InChI=1S/C26H19F8N3O2/c27-16-11-15(25(29,30)31)17(28)10-14(16)22(12-7-8-12)36-23(38)20-9-13-3-1-5-19(13)37(20)24(39)18-4-2-6-21(35-18)26(32,33)34/h2,4,6,10-13,19-20,22H,5,7-9H2,(H,36,38)/t13-,19-,20-,22-/m1/s1. The molecule has 0 bridgehead atoms. The molecule has 1 aromatic carbocycles. The first-order chi connectivity index (χ1) is 18.3. The molecule has 3 aliphatic rings. The van der Waals surface area contributed by atoms with Crippen LogP contribution in [0.4, 0.5) is 35.1 Å². The van der Waals surface area contributed by atoms with Crippen molar-refractivity contribution >= 4 is 11.8 Å². The molecule has 0 unspecified atom stereocenters. The lowest BCUT2D eigenvalue weighted by Gasteiger charge is -2.30. The minimum atomic E-state index is -5.12. The third kappa shape index (κ3) is 5.16. The van der Waals surface area contributed by atoms with Crippen LogP contribution in [0.15, 0.2) is 30.3 Å². The summed E-state index contributed by atoms with van der Waals surface area (Å²) >= 11 is 0. The summed E-state index contributed by atoms with van der Waals surface area (Å²) in [7, 11) is 0. The van der Waals surface area contributed by atoms with Gasteiger partial charge in [0.25, 0.3) is 5.91 Å². The van der Waals surface area contributed by atoms with Gasteiger partial charge in [0.2, 0.25) is 5.91 Å². The van der Waals surface area contributed by atoms with Gasteiger partial charge in [-0.3, -0.25) is 9.59 Å². The Morgan fingerprint density at radius 2 is 1.74 bits per heavy atom. The van der Waals surface area contributed by atoms with E-state index >= 15 is 0 Å². The largest absolute Gasteiger partial charge is 0.433 e. The van der Waals surface area contributed by atoms with E-state index in [1.54, 1.807) is 0 Å². The molecular formula is C26H19F8N3O2. The Morgan fingerprint density at radius 1 is 1.03 bits per heavy atom. The number of aromatic nitrogens is 1. The van der Waals surface area contributed by atoms with Gasteiger partial charge < -0.3 is 10.2 Å². The van der Waals surface area contributed by atoms with Crippen molar-refractivity contribution < 1.29 is 44.7 Å². The predicted octanol–water partition coefficient (Wildman–Crippen LogP) is 5.27. The molecule has 0 radical (unpaired) electrons. The highest BCUT2D eigenvalue weighted by molar-refractivity contribution is 5.97. The number of rotatable bonds is 5. The Kier molecular flexibility index (Phi) is 6.55. The van der Waals surface area contributed by atoms with E-state index in [1.807, 2.05) is 0 Å². The van der Waals surface area contributed by atoms with Crippen LogP contribution in [-0.2, 0) is 17.1 Å². The van der Waals surface area contributed by atoms with E-state index in [1.165, 1.54) is 0 Å². The van der Waals surface area contributed by atoms with E-state index in [0.29, 0.717) is 25.0 Å². The number of hydrogen-bond donors (Lipinski definition) is 1. The molecule has 5 rings (SSSR count). The van der Waals surface area contributed by atoms with Crippen molar-refractivity contribution in [2.75, 3.05) is 0 Å². The molecule has 13 heteroatoms. The number of carbonyl (C=O) groups excluding carboxylic acids is 2. The quantitative estimate of drug-likeness (QED) is 0.403. The molecule has 39 heavy (non-hydrogen) atoms. The molecule has 1 N–H and O–H groups in total. The van der Waals surface area contributed by atoms with Gasteiger partial charge in [-0.15, -0.1) is 5.92 Å². The summed E-state index contributed by atoms with van der Waals surface area (Å²) < 4.78 is 108. The smallest absolute Gasteiger partial charge is 0.347 e.